The Morgan fingerprint density at radius 2 is 1.83 bits per heavy atom. The molecule has 18 heavy (non-hydrogen) atoms. The third-order valence-electron chi connectivity index (χ3n) is 2.94. The van der Waals surface area contributed by atoms with Gasteiger partial charge in [-0.1, -0.05) is 24.3 Å². The predicted octanol–water partition coefficient (Wildman–Crippen LogP) is 0.663. The summed E-state index contributed by atoms with van der Waals surface area (Å²) >= 11 is 0. The van der Waals surface area contributed by atoms with Crippen molar-refractivity contribution in [1.29, 1.82) is 0 Å². The molecule has 0 unspecified atom stereocenters. The van der Waals surface area contributed by atoms with Crippen molar-refractivity contribution >= 4 is 11.9 Å². The SMILES string of the molecule is O=C1CCN(Cc2ccc(CCO)cc2)C(=O)N1. The van der Waals surface area contributed by atoms with Gasteiger partial charge < -0.3 is 10.0 Å². The van der Waals surface area contributed by atoms with E-state index in [4.69, 9.17) is 5.11 Å². The zero-order valence-electron chi connectivity index (χ0n) is 10.1. The first-order valence-electron chi connectivity index (χ1n) is 5.96. The molecule has 1 aliphatic rings. The summed E-state index contributed by atoms with van der Waals surface area (Å²) in [4.78, 5) is 24.2. The maximum Gasteiger partial charge on any atom is 0.324 e. The topological polar surface area (TPSA) is 69.6 Å². The Bertz CT molecular complexity index is 442. The molecular formula is C13H16N2O3. The van der Waals surface area contributed by atoms with Crippen molar-refractivity contribution in [3.05, 3.63) is 35.4 Å². The number of carbonyl (C=O) groups excluding carboxylic acids is 2. The van der Waals surface area contributed by atoms with Gasteiger partial charge in [-0.15, -0.1) is 0 Å². The van der Waals surface area contributed by atoms with Crippen LogP contribution in [0.1, 0.15) is 17.5 Å². The normalized spacial score (nSPS) is 15.7. The molecule has 1 aromatic rings. The van der Waals surface area contributed by atoms with Gasteiger partial charge >= 0.3 is 6.03 Å². The van der Waals surface area contributed by atoms with Gasteiger partial charge in [0, 0.05) is 26.1 Å². The van der Waals surface area contributed by atoms with Gasteiger partial charge in [-0.2, -0.15) is 0 Å². The Kier molecular flexibility index (Phi) is 3.94. The third-order valence-corrected chi connectivity index (χ3v) is 2.94. The van der Waals surface area contributed by atoms with Gasteiger partial charge in [-0.3, -0.25) is 10.1 Å². The smallest absolute Gasteiger partial charge is 0.324 e. The summed E-state index contributed by atoms with van der Waals surface area (Å²) in [5.74, 6) is -0.213. The molecule has 1 saturated heterocycles. The van der Waals surface area contributed by atoms with Crippen molar-refractivity contribution in [3.8, 4) is 0 Å². The molecule has 5 heteroatoms. The second kappa shape index (κ2) is 5.64. The molecule has 96 valence electrons. The molecule has 5 nitrogen and oxygen atoms in total. The Balaban J connectivity index is 1.96. The Morgan fingerprint density at radius 3 is 2.44 bits per heavy atom. The minimum absolute atomic E-state index is 0.135. The molecule has 1 fully saturated rings. The van der Waals surface area contributed by atoms with Crippen LogP contribution in [0.5, 0.6) is 0 Å². The monoisotopic (exact) mass is 248 g/mol. The van der Waals surface area contributed by atoms with Crippen LogP contribution in [0.2, 0.25) is 0 Å². The molecule has 0 radical (unpaired) electrons. The number of rotatable bonds is 4. The fourth-order valence-electron chi connectivity index (χ4n) is 1.91. The van der Waals surface area contributed by atoms with Crippen molar-refractivity contribution in [2.24, 2.45) is 0 Å². The van der Waals surface area contributed by atoms with E-state index in [1.165, 1.54) is 0 Å². The number of benzene rings is 1. The lowest BCUT2D eigenvalue weighted by atomic mass is 10.1. The number of urea groups is 1. The van der Waals surface area contributed by atoms with Crippen molar-refractivity contribution in [2.75, 3.05) is 13.2 Å². The molecule has 1 aromatic carbocycles. The maximum atomic E-state index is 11.5. The molecular weight excluding hydrogens is 232 g/mol. The number of carbonyl (C=O) groups is 2. The number of aliphatic hydroxyl groups excluding tert-OH is 1. The number of nitrogens with zero attached hydrogens (tertiary/aromatic N) is 1. The fourth-order valence-corrected chi connectivity index (χ4v) is 1.91. The number of imide groups is 1. The van der Waals surface area contributed by atoms with Crippen LogP contribution < -0.4 is 5.32 Å². The van der Waals surface area contributed by atoms with E-state index in [0.717, 1.165) is 11.1 Å². The second-order valence-corrected chi connectivity index (χ2v) is 4.31. The molecule has 0 spiro atoms. The second-order valence-electron chi connectivity index (χ2n) is 4.31. The largest absolute Gasteiger partial charge is 0.396 e. The Morgan fingerprint density at radius 1 is 1.17 bits per heavy atom. The summed E-state index contributed by atoms with van der Waals surface area (Å²) in [7, 11) is 0. The van der Waals surface area contributed by atoms with E-state index in [9.17, 15) is 9.59 Å². The van der Waals surface area contributed by atoms with Gasteiger partial charge in [0.25, 0.3) is 0 Å². The van der Waals surface area contributed by atoms with Gasteiger partial charge in [0.15, 0.2) is 0 Å². The zero-order valence-corrected chi connectivity index (χ0v) is 10.1. The number of hydrogen-bond donors (Lipinski definition) is 2. The van der Waals surface area contributed by atoms with Gasteiger partial charge in [-0.05, 0) is 17.5 Å². The van der Waals surface area contributed by atoms with Crippen molar-refractivity contribution in [2.45, 2.75) is 19.4 Å². The van der Waals surface area contributed by atoms with Gasteiger partial charge in [-0.25, -0.2) is 4.79 Å². The molecule has 2 rings (SSSR count). The summed E-state index contributed by atoms with van der Waals surface area (Å²) in [6, 6.07) is 7.44. The van der Waals surface area contributed by atoms with Crippen molar-refractivity contribution in [3.63, 3.8) is 0 Å². The third kappa shape index (κ3) is 3.07. The van der Waals surface area contributed by atoms with Gasteiger partial charge in [0.05, 0.1) is 0 Å². The first kappa shape index (κ1) is 12.6. The first-order valence-corrected chi connectivity index (χ1v) is 5.96. The predicted molar refractivity (Wildman–Crippen MR) is 65.8 cm³/mol. The molecule has 1 aliphatic heterocycles. The van der Waals surface area contributed by atoms with E-state index in [2.05, 4.69) is 5.32 Å². The lowest BCUT2D eigenvalue weighted by Crippen LogP contribution is -2.48. The molecule has 1 heterocycles. The minimum atomic E-state index is -0.328. The minimum Gasteiger partial charge on any atom is -0.396 e. The van der Waals surface area contributed by atoms with Gasteiger partial charge in [0.1, 0.15) is 0 Å². The standard InChI is InChI=1S/C13H16N2O3/c16-8-6-10-1-3-11(4-2-10)9-15-7-5-12(17)14-13(15)18/h1-4,16H,5-9H2,(H,14,17,18). The number of hydrogen-bond acceptors (Lipinski definition) is 3. The van der Waals surface area contributed by atoms with Crippen LogP contribution in [0.4, 0.5) is 4.79 Å². The molecule has 0 saturated carbocycles. The van der Waals surface area contributed by atoms with Crippen LogP contribution in [-0.2, 0) is 17.8 Å². The van der Waals surface area contributed by atoms with E-state index >= 15 is 0 Å². The summed E-state index contributed by atoms with van der Waals surface area (Å²) in [6.45, 7) is 1.09. The van der Waals surface area contributed by atoms with Gasteiger partial charge in [0.2, 0.25) is 5.91 Å². The van der Waals surface area contributed by atoms with Crippen molar-refractivity contribution < 1.29 is 14.7 Å². The number of amides is 3. The molecule has 0 aromatic heterocycles. The first-order chi connectivity index (χ1) is 8.69. The molecule has 0 bridgehead atoms. The molecule has 2 N–H and O–H groups in total. The highest BCUT2D eigenvalue weighted by molar-refractivity contribution is 5.96. The fraction of sp³-hybridized carbons (Fsp3) is 0.385. The maximum absolute atomic E-state index is 11.5. The van der Waals surface area contributed by atoms with E-state index in [0.29, 0.717) is 25.9 Å². The van der Waals surface area contributed by atoms with E-state index < -0.39 is 0 Å². The van der Waals surface area contributed by atoms with E-state index in [-0.39, 0.29) is 18.5 Å². The molecule has 0 aliphatic carbocycles. The summed E-state index contributed by atoms with van der Waals surface area (Å²) < 4.78 is 0. The van der Waals surface area contributed by atoms with Crippen molar-refractivity contribution in [1.82, 2.24) is 10.2 Å². The quantitative estimate of drug-likeness (QED) is 0.822. The summed E-state index contributed by atoms with van der Waals surface area (Å²) in [5.41, 5.74) is 2.08. The number of aliphatic hydroxyl groups is 1. The molecule has 3 amide bonds. The zero-order chi connectivity index (χ0) is 13.0. The van der Waals surface area contributed by atoms with Crippen LogP contribution in [0.25, 0.3) is 0 Å². The van der Waals surface area contributed by atoms with Crippen LogP contribution >= 0.6 is 0 Å². The number of nitrogens with one attached hydrogen (secondary N) is 1. The highest BCUT2D eigenvalue weighted by atomic mass is 16.3. The molecule has 0 atom stereocenters. The van der Waals surface area contributed by atoms with E-state index in [1.807, 2.05) is 24.3 Å². The Labute approximate surface area is 105 Å². The van der Waals surface area contributed by atoms with Crippen LogP contribution in [0.15, 0.2) is 24.3 Å². The van der Waals surface area contributed by atoms with Crippen LogP contribution in [0.3, 0.4) is 0 Å². The highest BCUT2D eigenvalue weighted by Crippen LogP contribution is 2.10. The average molecular weight is 248 g/mol. The Hall–Kier alpha value is -1.88. The lowest BCUT2D eigenvalue weighted by molar-refractivity contribution is -0.121. The average Bonchev–Trinajstić information content (AvgIpc) is 2.35. The summed E-state index contributed by atoms with van der Waals surface area (Å²) in [6.07, 6.45) is 0.993. The van der Waals surface area contributed by atoms with Crippen LogP contribution in [0, 0.1) is 0 Å². The van der Waals surface area contributed by atoms with Crippen LogP contribution in [-0.4, -0.2) is 35.1 Å². The lowest BCUT2D eigenvalue weighted by Gasteiger charge is -2.26. The summed E-state index contributed by atoms with van der Waals surface area (Å²) in [5, 5.41) is 11.1. The van der Waals surface area contributed by atoms with E-state index in [1.54, 1.807) is 4.90 Å². The highest BCUT2D eigenvalue weighted by Gasteiger charge is 2.22.